The van der Waals surface area contributed by atoms with Gasteiger partial charge in [-0.3, -0.25) is 4.79 Å². The lowest BCUT2D eigenvalue weighted by Crippen LogP contribution is -2.49. The van der Waals surface area contributed by atoms with Crippen molar-refractivity contribution in [2.45, 2.75) is 57.9 Å². The van der Waals surface area contributed by atoms with Crippen molar-refractivity contribution in [3.63, 3.8) is 0 Å². The van der Waals surface area contributed by atoms with E-state index < -0.39 is 0 Å². The summed E-state index contributed by atoms with van der Waals surface area (Å²) in [6.07, 6.45) is 9.91. The molecule has 2 nitrogen and oxygen atoms in total. The van der Waals surface area contributed by atoms with E-state index >= 15 is 0 Å². The van der Waals surface area contributed by atoms with Crippen molar-refractivity contribution in [2.75, 3.05) is 0 Å². The molecular formula is C20H27NO. The van der Waals surface area contributed by atoms with Crippen molar-refractivity contribution < 1.29 is 4.79 Å². The quantitative estimate of drug-likeness (QED) is 0.876. The molecule has 4 aliphatic rings. The second-order valence-electron chi connectivity index (χ2n) is 8.36. The molecule has 0 heterocycles. The van der Waals surface area contributed by atoms with Crippen LogP contribution in [0.15, 0.2) is 30.3 Å². The van der Waals surface area contributed by atoms with E-state index in [2.05, 4.69) is 12.2 Å². The summed E-state index contributed by atoms with van der Waals surface area (Å²) < 4.78 is 0. The summed E-state index contributed by atoms with van der Waals surface area (Å²) in [5.74, 6) is 3.05. The Kier molecular flexibility index (Phi) is 3.51. The summed E-state index contributed by atoms with van der Waals surface area (Å²) in [6.45, 7) is 2.19. The van der Waals surface area contributed by atoms with Crippen LogP contribution in [0.5, 0.6) is 0 Å². The molecule has 4 saturated carbocycles. The number of nitrogens with one attached hydrogen (secondary N) is 1. The Hall–Kier alpha value is -1.31. The number of rotatable bonds is 4. The third-order valence-corrected chi connectivity index (χ3v) is 6.32. The Morgan fingerprint density at radius 1 is 1.09 bits per heavy atom. The summed E-state index contributed by atoms with van der Waals surface area (Å²) >= 11 is 0. The highest BCUT2D eigenvalue weighted by molar-refractivity contribution is 5.94. The average Bonchev–Trinajstić information content (AvgIpc) is 2.45. The first-order valence-electron chi connectivity index (χ1n) is 8.98. The molecule has 0 aliphatic heterocycles. The molecule has 4 aliphatic carbocycles. The number of carbonyl (C=O) groups excluding carboxylic acids is 1. The number of amides is 1. The largest absolute Gasteiger partial charge is 0.350 e. The smallest absolute Gasteiger partial charge is 0.251 e. The second-order valence-corrected chi connectivity index (χ2v) is 8.36. The summed E-state index contributed by atoms with van der Waals surface area (Å²) in [7, 11) is 0. The molecule has 22 heavy (non-hydrogen) atoms. The summed E-state index contributed by atoms with van der Waals surface area (Å²) in [5, 5.41) is 3.23. The Labute approximate surface area is 133 Å². The first-order chi connectivity index (χ1) is 10.6. The molecule has 0 spiro atoms. The van der Waals surface area contributed by atoms with Crippen LogP contribution in [0.2, 0.25) is 0 Å². The van der Waals surface area contributed by atoms with Crippen molar-refractivity contribution in [1.82, 2.24) is 5.32 Å². The molecule has 1 aromatic rings. The maximum atomic E-state index is 12.3. The number of benzene rings is 1. The van der Waals surface area contributed by atoms with Crippen LogP contribution in [0.25, 0.3) is 0 Å². The molecule has 1 N–H and O–H groups in total. The van der Waals surface area contributed by atoms with E-state index in [-0.39, 0.29) is 11.9 Å². The number of hydrogen-bond acceptors (Lipinski definition) is 1. The monoisotopic (exact) mass is 297 g/mol. The van der Waals surface area contributed by atoms with Gasteiger partial charge in [0, 0.05) is 11.6 Å². The Morgan fingerprint density at radius 3 is 2.18 bits per heavy atom. The van der Waals surface area contributed by atoms with Crippen LogP contribution >= 0.6 is 0 Å². The molecule has 1 unspecified atom stereocenters. The van der Waals surface area contributed by atoms with Gasteiger partial charge in [0.05, 0.1) is 0 Å². The highest BCUT2D eigenvalue weighted by Gasteiger charge is 2.50. The standard InChI is InChI=1S/C20H27NO/c1-14(21-19(22)18-5-3-2-4-6-18)10-20-11-15-7-16(12-20)9-17(8-15)13-20/h2-6,14-17H,7-13H2,1H3,(H,21,22). The Balaban J connectivity index is 1.40. The van der Waals surface area contributed by atoms with Gasteiger partial charge in [0.1, 0.15) is 0 Å². The van der Waals surface area contributed by atoms with Crippen molar-refractivity contribution in [1.29, 1.82) is 0 Å². The first-order valence-corrected chi connectivity index (χ1v) is 8.98. The zero-order chi connectivity index (χ0) is 15.2. The SMILES string of the molecule is CC(CC12CC3CC(CC(C3)C1)C2)NC(=O)c1ccccc1. The van der Waals surface area contributed by atoms with E-state index in [0.717, 1.165) is 23.3 Å². The van der Waals surface area contributed by atoms with Crippen LogP contribution in [0.1, 0.15) is 62.2 Å². The fourth-order valence-electron chi connectivity index (χ4n) is 6.14. The van der Waals surface area contributed by atoms with Gasteiger partial charge < -0.3 is 5.32 Å². The molecule has 0 saturated heterocycles. The van der Waals surface area contributed by atoms with E-state index in [9.17, 15) is 4.79 Å². The first kappa shape index (κ1) is 14.3. The fraction of sp³-hybridized carbons (Fsp3) is 0.650. The summed E-state index contributed by atoms with van der Waals surface area (Å²) in [5.41, 5.74) is 1.32. The van der Waals surface area contributed by atoms with E-state index in [0.29, 0.717) is 5.41 Å². The van der Waals surface area contributed by atoms with E-state index in [1.165, 1.54) is 44.9 Å². The van der Waals surface area contributed by atoms with Gasteiger partial charge in [-0.1, -0.05) is 18.2 Å². The molecule has 4 bridgehead atoms. The Morgan fingerprint density at radius 2 is 1.64 bits per heavy atom. The van der Waals surface area contributed by atoms with Crippen molar-refractivity contribution in [2.24, 2.45) is 23.2 Å². The lowest BCUT2D eigenvalue weighted by molar-refractivity contribution is -0.0607. The summed E-state index contributed by atoms with van der Waals surface area (Å²) in [6, 6.07) is 9.89. The molecule has 1 atom stereocenters. The average molecular weight is 297 g/mol. The van der Waals surface area contributed by atoms with Gasteiger partial charge in [0.2, 0.25) is 0 Å². The minimum atomic E-state index is 0.0813. The lowest BCUT2D eigenvalue weighted by Gasteiger charge is -2.57. The van der Waals surface area contributed by atoms with E-state index in [4.69, 9.17) is 0 Å². The molecule has 0 radical (unpaired) electrons. The van der Waals surface area contributed by atoms with Crippen LogP contribution in [-0.2, 0) is 0 Å². The normalized spacial score (nSPS) is 37.0. The van der Waals surface area contributed by atoms with Crippen molar-refractivity contribution in [3.8, 4) is 0 Å². The van der Waals surface area contributed by atoms with Crippen molar-refractivity contribution >= 4 is 5.91 Å². The molecule has 118 valence electrons. The third-order valence-electron chi connectivity index (χ3n) is 6.32. The van der Waals surface area contributed by atoms with Crippen LogP contribution < -0.4 is 5.32 Å². The molecule has 5 rings (SSSR count). The van der Waals surface area contributed by atoms with Gasteiger partial charge in [-0.05, 0) is 87.2 Å². The van der Waals surface area contributed by atoms with Gasteiger partial charge in [0.25, 0.3) is 5.91 Å². The number of hydrogen-bond donors (Lipinski definition) is 1. The zero-order valence-electron chi connectivity index (χ0n) is 13.6. The minimum absolute atomic E-state index is 0.0813. The van der Waals surface area contributed by atoms with Crippen LogP contribution in [0, 0.1) is 23.2 Å². The molecule has 1 amide bonds. The second kappa shape index (κ2) is 5.40. The van der Waals surface area contributed by atoms with Gasteiger partial charge in [-0.15, -0.1) is 0 Å². The van der Waals surface area contributed by atoms with Gasteiger partial charge >= 0.3 is 0 Å². The molecule has 2 heteroatoms. The van der Waals surface area contributed by atoms with Crippen LogP contribution in [-0.4, -0.2) is 11.9 Å². The molecule has 4 fully saturated rings. The van der Waals surface area contributed by atoms with Gasteiger partial charge in [-0.25, -0.2) is 0 Å². The molecular weight excluding hydrogens is 270 g/mol. The van der Waals surface area contributed by atoms with Crippen LogP contribution in [0.3, 0.4) is 0 Å². The molecule has 1 aromatic carbocycles. The van der Waals surface area contributed by atoms with Gasteiger partial charge in [0.15, 0.2) is 0 Å². The maximum absolute atomic E-state index is 12.3. The number of carbonyl (C=O) groups is 1. The summed E-state index contributed by atoms with van der Waals surface area (Å²) in [4.78, 5) is 12.3. The van der Waals surface area contributed by atoms with Gasteiger partial charge in [-0.2, -0.15) is 0 Å². The fourth-order valence-corrected chi connectivity index (χ4v) is 6.14. The topological polar surface area (TPSA) is 29.1 Å². The van der Waals surface area contributed by atoms with E-state index in [1.54, 1.807) is 0 Å². The minimum Gasteiger partial charge on any atom is -0.350 e. The van der Waals surface area contributed by atoms with E-state index in [1.807, 2.05) is 30.3 Å². The zero-order valence-corrected chi connectivity index (χ0v) is 13.6. The Bertz CT molecular complexity index is 515. The van der Waals surface area contributed by atoms with Crippen LogP contribution in [0.4, 0.5) is 0 Å². The predicted molar refractivity (Wildman–Crippen MR) is 88.6 cm³/mol. The lowest BCUT2D eigenvalue weighted by atomic mass is 9.48. The van der Waals surface area contributed by atoms with Crippen molar-refractivity contribution in [3.05, 3.63) is 35.9 Å². The predicted octanol–water partition coefficient (Wildman–Crippen LogP) is 4.41. The third kappa shape index (κ3) is 2.68. The maximum Gasteiger partial charge on any atom is 0.251 e. The molecule has 0 aromatic heterocycles. The highest BCUT2D eigenvalue weighted by atomic mass is 16.1. The highest BCUT2D eigenvalue weighted by Crippen LogP contribution is 2.61.